The van der Waals surface area contributed by atoms with E-state index in [0.717, 1.165) is 21.4 Å². The normalized spacial score (nSPS) is 12.6. The summed E-state index contributed by atoms with van der Waals surface area (Å²) in [5.74, 6) is 0.308. The number of nitrogens with zero attached hydrogens (tertiary/aromatic N) is 4. The zero-order valence-electron chi connectivity index (χ0n) is 15.8. The summed E-state index contributed by atoms with van der Waals surface area (Å²) in [6.07, 6.45) is 0. The Labute approximate surface area is 186 Å². The number of hydrogen-bond acceptors (Lipinski definition) is 9. The van der Waals surface area contributed by atoms with Crippen molar-refractivity contribution in [3.8, 4) is 23.1 Å². The molecule has 9 nitrogen and oxygen atoms in total. The van der Waals surface area contributed by atoms with Gasteiger partial charge in [-0.25, -0.2) is 4.99 Å². The van der Waals surface area contributed by atoms with Crippen molar-refractivity contribution in [2.24, 2.45) is 4.99 Å². The van der Waals surface area contributed by atoms with Gasteiger partial charge in [0.2, 0.25) is 11.8 Å². The molecule has 1 aliphatic heterocycles. The van der Waals surface area contributed by atoms with Crippen LogP contribution in [0.15, 0.2) is 56.3 Å². The first-order valence-corrected chi connectivity index (χ1v) is 10.5. The van der Waals surface area contributed by atoms with Crippen molar-refractivity contribution in [3.63, 3.8) is 0 Å². The van der Waals surface area contributed by atoms with Crippen molar-refractivity contribution in [2.75, 3.05) is 12.4 Å². The molecule has 11 heteroatoms. The van der Waals surface area contributed by atoms with Gasteiger partial charge in [0.15, 0.2) is 5.13 Å². The predicted octanol–water partition coefficient (Wildman–Crippen LogP) is 2.77. The van der Waals surface area contributed by atoms with Crippen LogP contribution in [0.1, 0.15) is 4.88 Å². The molecule has 5 rings (SSSR count). The minimum absolute atomic E-state index is 0.0988. The molecule has 31 heavy (non-hydrogen) atoms. The van der Waals surface area contributed by atoms with Crippen LogP contribution >= 0.6 is 27.3 Å². The number of fused-ring (bicyclic) bond motifs is 1. The summed E-state index contributed by atoms with van der Waals surface area (Å²) in [7, 11) is 1.59. The van der Waals surface area contributed by atoms with Gasteiger partial charge >= 0.3 is 6.01 Å². The maximum Gasteiger partial charge on any atom is 0.322 e. The van der Waals surface area contributed by atoms with E-state index in [1.54, 1.807) is 49.6 Å². The van der Waals surface area contributed by atoms with Gasteiger partial charge in [-0.15, -0.1) is 5.10 Å². The van der Waals surface area contributed by atoms with Gasteiger partial charge in [-0.05, 0) is 42.5 Å². The quantitative estimate of drug-likeness (QED) is 0.431. The van der Waals surface area contributed by atoms with Gasteiger partial charge in [-0.1, -0.05) is 32.4 Å². The van der Waals surface area contributed by atoms with E-state index in [-0.39, 0.29) is 11.9 Å². The molecule has 0 saturated heterocycles. The molecular weight excluding hydrogens is 486 g/mol. The second-order valence-electron chi connectivity index (χ2n) is 6.39. The molecule has 0 atom stereocenters. The number of hydrogen-bond donors (Lipinski definition) is 2. The number of benzene rings is 2. The average Bonchev–Trinajstić information content (AvgIpc) is 3.45. The number of carbonyl (C=O) groups excluding carboxylic acids is 1. The molecule has 0 unspecified atom stereocenters. The number of amides is 1. The lowest BCUT2D eigenvalue weighted by Crippen LogP contribution is -2.22. The van der Waals surface area contributed by atoms with Gasteiger partial charge in [0.1, 0.15) is 10.6 Å². The molecule has 0 bridgehead atoms. The molecule has 0 aliphatic carbocycles. The zero-order valence-corrected chi connectivity index (χ0v) is 18.2. The highest BCUT2D eigenvalue weighted by atomic mass is 79.9. The first-order chi connectivity index (χ1) is 15.0. The van der Waals surface area contributed by atoms with Gasteiger partial charge < -0.3 is 14.3 Å². The molecule has 2 aromatic heterocycles. The number of carbonyl (C=O) groups is 1. The van der Waals surface area contributed by atoms with E-state index in [4.69, 9.17) is 9.15 Å². The number of aromatic nitrogens is 3. The Morgan fingerprint density at radius 2 is 1.97 bits per heavy atom. The molecule has 154 valence electrons. The molecule has 1 amide bonds. The van der Waals surface area contributed by atoms with Crippen LogP contribution < -0.4 is 20.6 Å². The van der Waals surface area contributed by atoms with Crippen LogP contribution in [0.2, 0.25) is 0 Å². The molecule has 2 aromatic carbocycles. The van der Waals surface area contributed by atoms with Crippen LogP contribution in [-0.4, -0.2) is 33.3 Å². The molecule has 0 radical (unpaired) electrons. The molecule has 1 aliphatic rings. The van der Waals surface area contributed by atoms with Crippen LogP contribution in [0.25, 0.3) is 17.0 Å². The van der Waals surface area contributed by atoms with E-state index >= 15 is 0 Å². The summed E-state index contributed by atoms with van der Waals surface area (Å²) in [5, 5.41) is 22.7. The van der Waals surface area contributed by atoms with Gasteiger partial charge in [-0.3, -0.25) is 10.1 Å². The van der Waals surface area contributed by atoms with Crippen molar-refractivity contribution in [1.29, 1.82) is 0 Å². The maximum absolute atomic E-state index is 12.4. The molecule has 0 spiro atoms. The predicted molar refractivity (Wildman–Crippen MR) is 116 cm³/mol. The minimum Gasteiger partial charge on any atom is -0.497 e. The molecule has 0 saturated carbocycles. The monoisotopic (exact) mass is 497 g/mol. The zero-order chi connectivity index (χ0) is 21.5. The van der Waals surface area contributed by atoms with E-state index in [9.17, 15) is 9.90 Å². The fourth-order valence-electron chi connectivity index (χ4n) is 3.05. The minimum atomic E-state index is -0.432. The summed E-state index contributed by atoms with van der Waals surface area (Å²) in [5.41, 5.74) is 1.02. The first kappa shape index (κ1) is 19.4. The summed E-state index contributed by atoms with van der Waals surface area (Å²) < 4.78 is 11.6. The largest absolute Gasteiger partial charge is 0.497 e. The number of halogens is 1. The Hall–Kier alpha value is -3.57. The number of ether oxygens (including phenoxy) is 1. The molecule has 4 aromatic rings. The van der Waals surface area contributed by atoms with Crippen molar-refractivity contribution in [2.45, 2.75) is 0 Å². The smallest absolute Gasteiger partial charge is 0.322 e. The van der Waals surface area contributed by atoms with Crippen LogP contribution in [0, 0.1) is 0 Å². The Bertz CT molecular complexity index is 1450. The number of thiazole rings is 1. The van der Waals surface area contributed by atoms with Crippen molar-refractivity contribution < 1.29 is 19.1 Å². The second-order valence-corrected chi connectivity index (χ2v) is 8.31. The third kappa shape index (κ3) is 3.57. The van der Waals surface area contributed by atoms with Gasteiger partial charge in [0.25, 0.3) is 5.91 Å². The van der Waals surface area contributed by atoms with Crippen LogP contribution in [0.5, 0.6) is 11.6 Å². The summed E-state index contributed by atoms with van der Waals surface area (Å²) in [6.45, 7) is 0. The van der Waals surface area contributed by atoms with E-state index in [0.29, 0.717) is 37.8 Å². The highest BCUT2D eigenvalue weighted by Gasteiger charge is 2.25. The van der Waals surface area contributed by atoms with Gasteiger partial charge in [0, 0.05) is 15.3 Å². The summed E-state index contributed by atoms with van der Waals surface area (Å²) in [6, 6.07) is 12.6. The summed E-state index contributed by atoms with van der Waals surface area (Å²) >= 11 is 4.48. The second kappa shape index (κ2) is 7.60. The van der Waals surface area contributed by atoms with Crippen molar-refractivity contribution in [1.82, 2.24) is 15.2 Å². The summed E-state index contributed by atoms with van der Waals surface area (Å²) in [4.78, 5) is 20.9. The fraction of sp³-hybridized carbons (Fsp3) is 0.0500. The van der Waals surface area contributed by atoms with Crippen LogP contribution in [-0.2, 0) is 4.79 Å². The molecule has 0 fully saturated rings. The number of rotatable bonds is 5. The Balaban J connectivity index is 1.45. The fourth-order valence-corrected chi connectivity index (χ4v) is 4.31. The standard InChI is InChI=1S/C20H12BrN5O4S/c1-29-11-5-2-9(3-6-11)18-25-26-19(30-18)24-20-23-17(28)15(31-20)14-12-8-10(21)4-7-13(12)22-16(14)27/h2-8,28H,1H3,(H,23,24,26). The Morgan fingerprint density at radius 3 is 2.74 bits per heavy atom. The molecular formula is C20H12BrN5O4S. The SMILES string of the molecule is COc1ccc(-c2nnc(Nc3nc(O)c(C4=c5cc(Br)ccc5=NC4=O)s3)o2)cc1. The maximum atomic E-state index is 12.4. The topological polar surface area (TPSA) is 123 Å². The lowest BCUT2D eigenvalue weighted by Gasteiger charge is -1.99. The number of aromatic hydroxyl groups is 1. The van der Waals surface area contributed by atoms with Crippen molar-refractivity contribution in [3.05, 3.63) is 62.4 Å². The average molecular weight is 498 g/mol. The van der Waals surface area contributed by atoms with Crippen LogP contribution in [0.4, 0.5) is 11.1 Å². The van der Waals surface area contributed by atoms with E-state index in [1.807, 2.05) is 0 Å². The van der Waals surface area contributed by atoms with Gasteiger partial charge in [0.05, 0.1) is 18.0 Å². The molecule has 3 heterocycles. The number of methoxy groups -OCH3 is 1. The van der Waals surface area contributed by atoms with E-state index < -0.39 is 5.91 Å². The highest BCUT2D eigenvalue weighted by molar-refractivity contribution is 9.10. The third-order valence-electron chi connectivity index (χ3n) is 4.48. The lowest BCUT2D eigenvalue weighted by molar-refractivity contribution is -0.112. The van der Waals surface area contributed by atoms with Gasteiger partial charge in [-0.2, -0.15) is 4.98 Å². The first-order valence-electron chi connectivity index (χ1n) is 8.90. The Morgan fingerprint density at radius 1 is 1.16 bits per heavy atom. The number of anilines is 2. The van der Waals surface area contributed by atoms with E-state index in [1.165, 1.54) is 0 Å². The highest BCUT2D eigenvalue weighted by Crippen LogP contribution is 2.35. The Kier molecular flexibility index (Phi) is 4.75. The number of nitrogens with one attached hydrogen (secondary N) is 1. The van der Waals surface area contributed by atoms with E-state index in [2.05, 4.69) is 41.4 Å². The lowest BCUT2D eigenvalue weighted by atomic mass is 10.1. The van der Waals surface area contributed by atoms with Crippen LogP contribution in [0.3, 0.4) is 0 Å². The van der Waals surface area contributed by atoms with Crippen molar-refractivity contribution >= 4 is 49.9 Å². The molecule has 2 N–H and O–H groups in total. The third-order valence-corrected chi connectivity index (χ3v) is 5.95.